The first-order chi connectivity index (χ1) is 6.56. The molecule has 0 aromatic rings. The summed E-state index contributed by atoms with van der Waals surface area (Å²) in [6, 6.07) is 0.0321. The number of rotatable bonds is 3. The van der Waals surface area contributed by atoms with Gasteiger partial charge < -0.3 is 14.7 Å². The van der Waals surface area contributed by atoms with Crippen LogP contribution in [-0.4, -0.2) is 41.3 Å². The third-order valence-corrected chi connectivity index (χ3v) is 2.53. The summed E-state index contributed by atoms with van der Waals surface area (Å²) in [6.45, 7) is 4.07. The van der Waals surface area contributed by atoms with E-state index in [9.17, 15) is 9.59 Å². The SMILES string of the molecule is CCC(C)N1CC(C(=O)O)COC1=O. The van der Waals surface area contributed by atoms with Crippen LogP contribution in [0, 0.1) is 5.92 Å². The highest BCUT2D eigenvalue weighted by Crippen LogP contribution is 2.15. The molecule has 1 heterocycles. The van der Waals surface area contributed by atoms with Gasteiger partial charge in [0.1, 0.15) is 12.5 Å². The number of cyclic esters (lactones) is 1. The normalized spacial score (nSPS) is 24.3. The van der Waals surface area contributed by atoms with Crippen molar-refractivity contribution >= 4 is 12.1 Å². The van der Waals surface area contributed by atoms with Gasteiger partial charge in [-0.1, -0.05) is 6.92 Å². The van der Waals surface area contributed by atoms with Crippen molar-refractivity contribution in [1.82, 2.24) is 4.90 Å². The van der Waals surface area contributed by atoms with Crippen molar-refractivity contribution in [3.63, 3.8) is 0 Å². The molecule has 80 valence electrons. The molecule has 2 unspecified atom stereocenters. The number of carbonyl (C=O) groups is 2. The molecule has 2 atom stereocenters. The number of hydrogen-bond acceptors (Lipinski definition) is 3. The van der Waals surface area contributed by atoms with Gasteiger partial charge in [0.15, 0.2) is 0 Å². The van der Waals surface area contributed by atoms with Crippen molar-refractivity contribution in [3.05, 3.63) is 0 Å². The summed E-state index contributed by atoms with van der Waals surface area (Å²) in [5.41, 5.74) is 0. The van der Waals surface area contributed by atoms with Gasteiger partial charge in [-0.15, -0.1) is 0 Å². The number of amides is 1. The standard InChI is InChI=1S/C9H15NO4/c1-3-6(2)10-4-7(8(11)12)5-14-9(10)13/h6-7H,3-5H2,1-2H3,(H,11,12). The zero-order valence-corrected chi connectivity index (χ0v) is 8.40. The molecule has 1 N–H and O–H groups in total. The minimum Gasteiger partial charge on any atom is -0.481 e. The number of aliphatic carboxylic acids is 1. The van der Waals surface area contributed by atoms with E-state index < -0.39 is 18.0 Å². The number of carboxylic acids is 1. The molecular formula is C9H15NO4. The summed E-state index contributed by atoms with van der Waals surface area (Å²) in [5, 5.41) is 8.78. The van der Waals surface area contributed by atoms with Crippen molar-refractivity contribution in [1.29, 1.82) is 0 Å². The van der Waals surface area contributed by atoms with Crippen molar-refractivity contribution in [2.75, 3.05) is 13.2 Å². The number of ether oxygens (including phenoxy) is 1. The fourth-order valence-electron chi connectivity index (χ4n) is 1.35. The highest BCUT2D eigenvalue weighted by molar-refractivity contribution is 5.75. The number of hydrogen-bond donors (Lipinski definition) is 1. The lowest BCUT2D eigenvalue weighted by Crippen LogP contribution is -2.49. The Morgan fingerprint density at radius 2 is 2.43 bits per heavy atom. The molecule has 1 amide bonds. The third-order valence-electron chi connectivity index (χ3n) is 2.53. The van der Waals surface area contributed by atoms with E-state index in [1.165, 1.54) is 4.90 Å². The van der Waals surface area contributed by atoms with Crippen LogP contribution in [0.3, 0.4) is 0 Å². The van der Waals surface area contributed by atoms with Gasteiger partial charge in [0.25, 0.3) is 0 Å². The van der Waals surface area contributed by atoms with E-state index in [0.29, 0.717) is 0 Å². The van der Waals surface area contributed by atoms with Crippen molar-refractivity contribution < 1.29 is 19.4 Å². The summed E-state index contributed by atoms with van der Waals surface area (Å²) in [5.74, 6) is -1.51. The Morgan fingerprint density at radius 3 is 2.93 bits per heavy atom. The molecule has 0 aliphatic carbocycles. The summed E-state index contributed by atoms with van der Waals surface area (Å²) in [6.07, 6.45) is 0.387. The van der Waals surface area contributed by atoms with Gasteiger partial charge in [0.2, 0.25) is 0 Å². The number of nitrogens with zero attached hydrogens (tertiary/aromatic N) is 1. The lowest BCUT2D eigenvalue weighted by molar-refractivity contribution is -0.145. The molecule has 0 aromatic carbocycles. The Kier molecular flexibility index (Phi) is 3.33. The number of carboxylic acid groups (broad SMARTS) is 1. The van der Waals surface area contributed by atoms with E-state index >= 15 is 0 Å². The topological polar surface area (TPSA) is 66.8 Å². The Hall–Kier alpha value is -1.26. The lowest BCUT2D eigenvalue weighted by atomic mass is 10.1. The first kappa shape index (κ1) is 10.8. The smallest absolute Gasteiger partial charge is 0.410 e. The average Bonchev–Trinajstić information content (AvgIpc) is 2.17. The van der Waals surface area contributed by atoms with E-state index in [1.807, 2.05) is 13.8 Å². The molecule has 0 radical (unpaired) electrons. The van der Waals surface area contributed by atoms with Crippen LogP contribution in [0.5, 0.6) is 0 Å². The van der Waals surface area contributed by atoms with Crippen LogP contribution >= 0.6 is 0 Å². The zero-order chi connectivity index (χ0) is 10.7. The summed E-state index contributed by atoms with van der Waals surface area (Å²) in [4.78, 5) is 23.4. The van der Waals surface area contributed by atoms with Crippen LogP contribution in [0.4, 0.5) is 4.79 Å². The van der Waals surface area contributed by atoms with Crippen LogP contribution in [0.15, 0.2) is 0 Å². The summed E-state index contributed by atoms with van der Waals surface area (Å²) in [7, 11) is 0. The Labute approximate surface area is 82.6 Å². The molecule has 0 saturated carbocycles. The van der Waals surface area contributed by atoms with E-state index in [1.54, 1.807) is 0 Å². The van der Waals surface area contributed by atoms with Crippen molar-refractivity contribution in [3.8, 4) is 0 Å². The fraction of sp³-hybridized carbons (Fsp3) is 0.778. The molecule has 0 bridgehead atoms. The highest BCUT2D eigenvalue weighted by atomic mass is 16.6. The van der Waals surface area contributed by atoms with Crippen LogP contribution < -0.4 is 0 Å². The largest absolute Gasteiger partial charge is 0.481 e. The highest BCUT2D eigenvalue weighted by Gasteiger charge is 2.33. The predicted octanol–water partition coefficient (Wildman–Crippen LogP) is 0.938. The van der Waals surface area contributed by atoms with Gasteiger partial charge in [-0.25, -0.2) is 4.79 Å². The monoisotopic (exact) mass is 201 g/mol. The van der Waals surface area contributed by atoms with Gasteiger partial charge in [0, 0.05) is 12.6 Å². The minimum atomic E-state index is -0.911. The first-order valence-corrected chi connectivity index (χ1v) is 4.72. The van der Waals surface area contributed by atoms with E-state index in [0.717, 1.165) is 6.42 Å². The Bertz CT molecular complexity index is 241. The molecule has 0 spiro atoms. The molecule has 1 rings (SSSR count). The molecule has 5 nitrogen and oxygen atoms in total. The molecule has 14 heavy (non-hydrogen) atoms. The van der Waals surface area contributed by atoms with Crippen molar-refractivity contribution in [2.24, 2.45) is 5.92 Å². The quantitative estimate of drug-likeness (QED) is 0.737. The maximum absolute atomic E-state index is 11.3. The summed E-state index contributed by atoms with van der Waals surface area (Å²) >= 11 is 0. The van der Waals surface area contributed by atoms with E-state index in [-0.39, 0.29) is 19.2 Å². The molecule has 5 heteroatoms. The second-order valence-corrected chi connectivity index (χ2v) is 3.52. The first-order valence-electron chi connectivity index (χ1n) is 4.72. The van der Waals surface area contributed by atoms with Gasteiger partial charge in [-0.05, 0) is 13.3 Å². The number of carbonyl (C=O) groups excluding carboxylic acids is 1. The van der Waals surface area contributed by atoms with Crippen molar-refractivity contribution in [2.45, 2.75) is 26.3 Å². The molecular weight excluding hydrogens is 186 g/mol. The minimum absolute atomic E-state index is 0.0128. The van der Waals surface area contributed by atoms with Gasteiger partial charge in [-0.2, -0.15) is 0 Å². The molecule has 0 aromatic heterocycles. The van der Waals surface area contributed by atoms with E-state index in [2.05, 4.69) is 0 Å². The second kappa shape index (κ2) is 4.30. The summed E-state index contributed by atoms with van der Waals surface area (Å²) < 4.78 is 4.79. The van der Waals surface area contributed by atoms with Crippen LogP contribution in [0.2, 0.25) is 0 Å². The van der Waals surface area contributed by atoms with Crippen LogP contribution in [0.25, 0.3) is 0 Å². The second-order valence-electron chi connectivity index (χ2n) is 3.52. The average molecular weight is 201 g/mol. The molecule has 1 aliphatic rings. The third kappa shape index (κ3) is 2.16. The molecule has 1 aliphatic heterocycles. The van der Waals surface area contributed by atoms with Crippen LogP contribution in [0.1, 0.15) is 20.3 Å². The van der Waals surface area contributed by atoms with E-state index in [4.69, 9.17) is 9.84 Å². The predicted molar refractivity (Wildman–Crippen MR) is 48.9 cm³/mol. The molecule has 1 fully saturated rings. The van der Waals surface area contributed by atoms with Crippen LogP contribution in [-0.2, 0) is 9.53 Å². The molecule has 1 saturated heterocycles. The van der Waals surface area contributed by atoms with Gasteiger partial charge in [0.05, 0.1) is 0 Å². The lowest BCUT2D eigenvalue weighted by Gasteiger charge is -2.34. The maximum Gasteiger partial charge on any atom is 0.410 e. The Morgan fingerprint density at radius 1 is 1.79 bits per heavy atom. The Balaban J connectivity index is 2.64. The zero-order valence-electron chi connectivity index (χ0n) is 8.40. The van der Waals surface area contributed by atoms with Gasteiger partial charge in [-0.3, -0.25) is 4.79 Å². The maximum atomic E-state index is 11.3. The fourth-order valence-corrected chi connectivity index (χ4v) is 1.35. The van der Waals surface area contributed by atoms with Gasteiger partial charge >= 0.3 is 12.1 Å².